The summed E-state index contributed by atoms with van der Waals surface area (Å²) in [7, 11) is 1.41. The average molecular weight is 398 g/mol. The molecule has 0 aliphatic carbocycles. The van der Waals surface area contributed by atoms with Crippen molar-refractivity contribution < 1.29 is 24.0 Å². The molecule has 1 rings (SSSR count). The van der Waals surface area contributed by atoms with Crippen LogP contribution in [0.5, 0.6) is 0 Å². The van der Waals surface area contributed by atoms with Gasteiger partial charge in [-0.25, -0.2) is 9.18 Å². The van der Waals surface area contributed by atoms with E-state index < -0.39 is 22.8 Å². The normalized spacial score (nSPS) is 11.9. The minimum Gasteiger partial charge on any atom is -0.480 e. The number of aliphatic carboxylic acids is 1. The first-order chi connectivity index (χ1) is 9.36. The zero-order valence-electron chi connectivity index (χ0n) is 10.4. The Morgan fingerprint density at radius 3 is 2.80 bits per heavy atom. The monoisotopic (exact) mass is 398 g/mol. The van der Waals surface area contributed by atoms with Gasteiger partial charge in [-0.05, 0) is 22.6 Å². The lowest BCUT2D eigenvalue weighted by molar-refractivity contribution is -0.384. The van der Waals surface area contributed by atoms with Crippen molar-refractivity contribution in [3.63, 3.8) is 0 Å². The third kappa shape index (κ3) is 4.27. The second-order valence-electron chi connectivity index (χ2n) is 3.86. The minimum atomic E-state index is -1.20. The summed E-state index contributed by atoms with van der Waals surface area (Å²) in [6.45, 7) is 0.157. The lowest BCUT2D eigenvalue weighted by Crippen LogP contribution is -2.30. The summed E-state index contributed by atoms with van der Waals surface area (Å²) in [5.41, 5.74) is -0.545. The molecule has 0 bridgehead atoms. The molecule has 7 nitrogen and oxygen atoms in total. The third-order valence-corrected chi connectivity index (χ3v) is 3.30. The van der Waals surface area contributed by atoms with Crippen molar-refractivity contribution in [2.45, 2.75) is 12.5 Å². The van der Waals surface area contributed by atoms with E-state index in [2.05, 4.69) is 5.32 Å². The summed E-state index contributed by atoms with van der Waals surface area (Å²) in [5, 5.41) is 22.4. The summed E-state index contributed by atoms with van der Waals surface area (Å²) in [6, 6.07) is 0.865. The van der Waals surface area contributed by atoms with Gasteiger partial charge >= 0.3 is 5.97 Å². The zero-order chi connectivity index (χ0) is 15.3. The van der Waals surface area contributed by atoms with Crippen LogP contribution < -0.4 is 5.32 Å². The molecule has 1 aromatic rings. The highest BCUT2D eigenvalue weighted by Gasteiger charge is 2.23. The van der Waals surface area contributed by atoms with E-state index >= 15 is 0 Å². The number of anilines is 1. The van der Waals surface area contributed by atoms with Crippen molar-refractivity contribution in [1.29, 1.82) is 0 Å². The lowest BCUT2D eigenvalue weighted by Gasteiger charge is -2.15. The van der Waals surface area contributed by atoms with Crippen LogP contribution in [-0.4, -0.2) is 35.8 Å². The summed E-state index contributed by atoms with van der Waals surface area (Å²) in [4.78, 5) is 21.3. The van der Waals surface area contributed by atoms with Gasteiger partial charge in [0, 0.05) is 32.3 Å². The van der Waals surface area contributed by atoms with Crippen molar-refractivity contribution in [3.8, 4) is 0 Å². The first kappa shape index (κ1) is 16.6. The molecule has 0 radical (unpaired) electrons. The van der Waals surface area contributed by atoms with Gasteiger partial charge in [-0.2, -0.15) is 0 Å². The van der Waals surface area contributed by atoms with Crippen LogP contribution in [0.4, 0.5) is 15.8 Å². The Bertz CT molecular complexity index is 526. The molecule has 0 amide bonds. The number of carboxylic acid groups (broad SMARTS) is 1. The van der Waals surface area contributed by atoms with E-state index in [1.165, 1.54) is 7.11 Å². The van der Waals surface area contributed by atoms with Gasteiger partial charge in [0.05, 0.1) is 8.49 Å². The second kappa shape index (κ2) is 7.33. The molecule has 0 aromatic heterocycles. The molecule has 1 unspecified atom stereocenters. The average Bonchev–Trinajstić information content (AvgIpc) is 2.37. The Labute approximate surface area is 127 Å². The number of nitro benzene ring substituents is 1. The Balaban J connectivity index is 3.07. The number of methoxy groups -OCH3 is 1. The molecule has 0 aliphatic heterocycles. The van der Waals surface area contributed by atoms with Gasteiger partial charge in [-0.3, -0.25) is 10.1 Å². The number of ether oxygens (including phenoxy) is 1. The minimum absolute atomic E-state index is 0.0867. The first-order valence-corrected chi connectivity index (χ1v) is 6.56. The van der Waals surface area contributed by atoms with Crippen LogP contribution in [0.25, 0.3) is 0 Å². The molecule has 0 spiro atoms. The van der Waals surface area contributed by atoms with Crippen LogP contribution in [-0.2, 0) is 9.53 Å². The van der Waals surface area contributed by atoms with Crippen molar-refractivity contribution in [2.24, 2.45) is 0 Å². The Hall–Kier alpha value is -1.49. The Kier molecular flexibility index (Phi) is 6.07. The SMILES string of the molecule is COCCC(Nc1cc(F)c(I)cc1[N+](=O)[O-])C(=O)O. The van der Waals surface area contributed by atoms with E-state index in [9.17, 15) is 19.3 Å². The number of benzene rings is 1. The number of carbonyl (C=O) groups is 1. The highest BCUT2D eigenvalue weighted by atomic mass is 127. The topological polar surface area (TPSA) is 102 Å². The maximum absolute atomic E-state index is 13.5. The number of hydrogen-bond donors (Lipinski definition) is 2. The predicted molar refractivity (Wildman–Crippen MR) is 77.3 cm³/mol. The number of nitro groups is 1. The highest BCUT2D eigenvalue weighted by molar-refractivity contribution is 14.1. The van der Waals surface area contributed by atoms with E-state index in [-0.39, 0.29) is 28.0 Å². The van der Waals surface area contributed by atoms with Crippen LogP contribution in [0.15, 0.2) is 12.1 Å². The maximum atomic E-state index is 13.5. The van der Waals surface area contributed by atoms with Crippen LogP contribution in [0.2, 0.25) is 0 Å². The predicted octanol–water partition coefficient (Wildman–Crippen LogP) is 2.24. The second-order valence-corrected chi connectivity index (χ2v) is 5.02. The molecular weight excluding hydrogens is 386 g/mol. The number of hydrogen-bond acceptors (Lipinski definition) is 5. The maximum Gasteiger partial charge on any atom is 0.326 e. The summed E-state index contributed by atoms with van der Waals surface area (Å²) < 4.78 is 18.3. The van der Waals surface area contributed by atoms with Gasteiger partial charge in [-0.15, -0.1) is 0 Å². The van der Waals surface area contributed by atoms with E-state index in [1.54, 1.807) is 22.6 Å². The summed E-state index contributed by atoms with van der Waals surface area (Å²) in [6.07, 6.45) is 0.0938. The fourth-order valence-electron chi connectivity index (χ4n) is 1.48. The van der Waals surface area contributed by atoms with E-state index in [1.807, 2.05) is 0 Å². The van der Waals surface area contributed by atoms with E-state index in [4.69, 9.17) is 9.84 Å². The molecule has 0 aliphatic rings. The molecule has 110 valence electrons. The fourth-order valence-corrected chi connectivity index (χ4v) is 1.93. The molecule has 1 atom stereocenters. The number of carboxylic acids is 1. The van der Waals surface area contributed by atoms with Gasteiger partial charge in [0.1, 0.15) is 17.5 Å². The third-order valence-electron chi connectivity index (χ3n) is 2.47. The first-order valence-electron chi connectivity index (χ1n) is 5.48. The number of rotatable bonds is 7. The molecule has 0 saturated carbocycles. The molecule has 0 saturated heterocycles. The Morgan fingerprint density at radius 2 is 2.30 bits per heavy atom. The fraction of sp³-hybridized carbons (Fsp3) is 0.364. The molecule has 9 heteroatoms. The van der Waals surface area contributed by atoms with Crippen LogP contribution >= 0.6 is 22.6 Å². The molecular formula is C11H12FIN2O5. The molecule has 2 N–H and O–H groups in total. The van der Waals surface area contributed by atoms with Gasteiger partial charge < -0.3 is 15.2 Å². The van der Waals surface area contributed by atoms with Gasteiger partial charge in [0.2, 0.25) is 0 Å². The lowest BCUT2D eigenvalue weighted by atomic mass is 10.2. The number of nitrogens with zero attached hydrogens (tertiary/aromatic N) is 1. The quantitative estimate of drug-likeness (QED) is 0.415. The van der Waals surface area contributed by atoms with Gasteiger partial charge in [-0.1, -0.05) is 0 Å². The van der Waals surface area contributed by atoms with Crippen molar-refractivity contribution in [2.75, 3.05) is 19.0 Å². The summed E-state index contributed by atoms with van der Waals surface area (Å²) in [5.74, 6) is -1.86. The van der Waals surface area contributed by atoms with Crippen LogP contribution in [0, 0.1) is 19.5 Å². The molecule has 1 aromatic carbocycles. The molecule has 0 fully saturated rings. The highest BCUT2D eigenvalue weighted by Crippen LogP contribution is 2.29. The van der Waals surface area contributed by atoms with Crippen LogP contribution in [0.3, 0.4) is 0 Å². The van der Waals surface area contributed by atoms with E-state index in [0.29, 0.717) is 0 Å². The number of nitrogens with one attached hydrogen (secondary N) is 1. The van der Waals surface area contributed by atoms with Crippen molar-refractivity contribution >= 4 is 39.9 Å². The molecule has 0 heterocycles. The van der Waals surface area contributed by atoms with Crippen molar-refractivity contribution in [3.05, 3.63) is 31.6 Å². The standard InChI is InChI=1S/C11H12FIN2O5/c1-20-3-2-8(11(16)17)14-9-4-6(12)7(13)5-10(9)15(18)19/h4-5,8,14H,2-3H2,1H3,(H,16,17). The Morgan fingerprint density at radius 1 is 1.65 bits per heavy atom. The van der Waals surface area contributed by atoms with E-state index in [0.717, 1.165) is 12.1 Å². The zero-order valence-corrected chi connectivity index (χ0v) is 12.6. The molecule has 20 heavy (non-hydrogen) atoms. The van der Waals surface area contributed by atoms with Gasteiger partial charge in [0.15, 0.2) is 0 Å². The van der Waals surface area contributed by atoms with Crippen LogP contribution in [0.1, 0.15) is 6.42 Å². The van der Waals surface area contributed by atoms with Crippen molar-refractivity contribution in [1.82, 2.24) is 0 Å². The summed E-state index contributed by atoms with van der Waals surface area (Å²) >= 11 is 1.63. The number of halogens is 2. The largest absolute Gasteiger partial charge is 0.480 e. The smallest absolute Gasteiger partial charge is 0.326 e. The van der Waals surface area contributed by atoms with Gasteiger partial charge in [0.25, 0.3) is 5.69 Å².